The molecule has 138 valence electrons. The second kappa shape index (κ2) is 8.09. The summed E-state index contributed by atoms with van der Waals surface area (Å²) < 4.78 is 11.8. The topological polar surface area (TPSA) is 108 Å². The van der Waals surface area contributed by atoms with Crippen LogP contribution < -0.4 is 10.1 Å². The zero-order valence-corrected chi connectivity index (χ0v) is 14.7. The van der Waals surface area contributed by atoms with Crippen LogP contribution in [0.4, 0.5) is 5.69 Å². The number of methoxy groups -OCH3 is 1. The lowest BCUT2D eigenvalue weighted by Gasteiger charge is -2.14. The molecule has 0 spiro atoms. The number of hydrogen-bond donors (Lipinski definition) is 1. The normalized spacial score (nSPS) is 11.5. The Morgan fingerprint density at radius 1 is 1.15 bits per heavy atom. The Morgan fingerprint density at radius 2 is 1.96 bits per heavy atom. The third-order valence-electron chi connectivity index (χ3n) is 3.69. The SMILES string of the molecule is COc1cccc(NC(=O)[C@@H](C)OC(=O)c2cccc(-n3cnnn3)c2)c1. The maximum atomic E-state index is 12.4. The molecule has 9 nitrogen and oxygen atoms in total. The molecular weight excluding hydrogens is 350 g/mol. The molecule has 0 aliphatic rings. The van der Waals surface area contributed by atoms with Gasteiger partial charge in [0.05, 0.1) is 18.4 Å². The monoisotopic (exact) mass is 367 g/mol. The van der Waals surface area contributed by atoms with Crippen molar-refractivity contribution in [2.75, 3.05) is 12.4 Å². The van der Waals surface area contributed by atoms with Crippen molar-refractivity contribution in [3.63, 3.8) is 0 Å². The summed E-state index contributed by atoms with van der Waals surface area (Å²) in [5, 5.41) is 13.5. The van der Waals surface area contributed by atoms with Crippen LogP contribution in [0.5, 0.6) is 5.75 Å². The first-order valence-electron chi connectivity index (χ1n) is 8.06. The number of tetrazole rings is 1. The molecule has 3 aromatic rings. The van der Waals surface area contributed by atoms with Crippen molar-refractivity contribution < 1.29 is 19.1 Å². The zero-order chi connectivity index (χ0) is 19.2. The molecule has 0 aliphatic heterocycles. The van der Waals surface area contributed by atoms with Crippen LogP contribution >= 0.6 is 0 Å². The van der Waals surface area contributed by atoms with Gasteiger partial charge in [-0.3, -0.25) is 4.79 Å². The molecule has 0 saturated heterocycles. The van der Waals surface area contributed by atoms with E-state index in [1.165, 1.54) is 25.0 Å². The molecule has 1 atom stereocenters. The first-order chi connectivity index (χ1) is 13.1. The van der Waals surface area contributed by atoms with E-state index in [-0.39, 0.29) is 5.56 Å². The lowest BCUT2D eigenvalue weighted by molar-refractivity contribution is -0.123. The van der Waals surface area contributed by atoms with Crippen molar-refractivity contribution in [1.82, 2.24) is 20.2 Å². The number of amides is 1. The number of carbonyl (C=O) groups is 2. The molecule has 2 aromatic carbocycles. The van der Waals surface area contributed by atoms with Gasteiger partial charge in [-0.05, 0) is 47.7 Å². The average molecular weight is 367 g/mol. The summed E-state index contributed by atoms with van der Waals surface area (Å²) in [6.45, 7) is 1.50. The molecule has 0 unspecified atom stereocenters. The van der Waals surface area contributed by atoms with Crippen LogP contribution in [0.3, 0.4) is 0 Å². The van der Waals surface area contributed by atoms with E-state index in [0.29, 0.717) is 17.1 Å². The lowest BCUT2D eigenvalue weighted by atomic mass is 10.2. The molecule has 3 rings (SSSR count). The highest BCUT2D eigenvalue weighted by Gasteiger charge is 2.19. The predicted octanol–water partition coefficient (Wildman–Crippen LogP) is 1.85. The summed E-state index contributed by atoms with van der Waals surface area (Å²) in [4.78, 5) is 24.6. The maximum Gasteiger partial charge on any atom is 0.338 e. The quantitative estimate of drug-likeness (QED) is 0.662. The Kier molecular flexibility index (Phi) is 5.41. The highest BCUT2D eigenvalue weighted by atomic mass is 16.5. The van der Waals surface area contributed by atoms with Gasteiger partial charge in [0, 0.05) is 11.8 Å². The third-order valence-corrected chi connectivity index (χ3v) is 3.69. The first kappa shape index (κ1) is 18.1. The molecule has 1 aromatic heterocycles. The Hall–Kier alpha value is -3.75. The molecule has 0 fully saturated rings. The largest absolute Gasteiger partial charge is 0.497 e. The third kappa shape index (κ3) is 4.46. The molecule has 0 radical (unpaired) electrons. The number of rotatable bonds is 6. The van der Waals surface area contributed by atoms with Crippen molar-refractivity contribution in [2.45, 2.75) is 13.0 Å². The van der Waals surface area contributed by atoms with Crippen LogP contribution in [-0.4, -0.2) is 45.3 Å². The van der Waals surface area contributed by atoms with Crippen LogP contribution in [-0.2, 0) is 9.53 Å². The summed E-state index contributed by atoms with van der Waals surface area (Å²) in [7, 11) is 1.54. The van der Waals surface area contributed by atoms with E-state index in [1.807, 2.05) is 0 Å². The smallest absolute Gasteiger partial charge is 0.338 e. The van der Waals surface area contributed by atoms with Crippen molar-refractivity contribution >= 4 is 17.6 Å². The Balaban J connectivity index is 1.64. The Morgan fingerprint density at radius 3 is 2.70 bits per heavy atom. The number of carbonyl (C=O) groups excluding carboxylic acids is 2. The zero-order valence-electron chi connectivity index (χ0n) is 14.7. The maximum absolute atomic E-state index is 12.4. The van der Waals surface area contributed by atoms with Crippen LogP contribution in [0, 0.1) is 0 Å². The van der Waals surface area contributed by atoms with E-state index in [2.05, 4.69) is 20.8 Å². The van der Waals surface area contributed by atoms with E-state index >= 15 is 0 Å². The molecule has 0 bridgehead atoms. The minimum Gasteiger partial charge on any atom is -0.497 e. The highest BCUT2D eigenvalue weighted by molar-refractivity contribution is 5.97. The van der Waals surface area contributed by atoms with Gasteiger partial charge in [0.15, 0.2) is 6.10 Å². The van der Waals surface area contributed by atoms with Gasteiger partial charge in [-0.1, -0.05) is 12.1 Å². The summed E-state index contributed by atoms with van der Waals surface area (Å²) in [6, 6.07) is 13.5. The van der Waals surface area contributed by atoms with E-state index in [0.717, 1.165) is 0 Å². The van der Waals surface area contributed by atoms with Gasteiger partial charge in [0.1, 0.15) is 12.1 Å². The standard InChI is InChI=1S/C18H17N5O4/c1-12(17(24)20-14-6-4-8-16(10-14)26-2)27-18(25)13-5-3-7-15(9-13)23-11-19-21-22-23/h3-12H,1-2H3,(H,20,24)/t12-/m1/s1. The molecule has 0 saturated carbocycles. The van der Waals surface area contributed by atoms with Gasteiger partial charge in [-0.2, -0.15) is 0 Å². The predicted molar refractivity (Wildman–Crippen MR) is 95.7 cm³/mol. The second-order valence-corrected chi connectivity index (χ2v) is 5.57. The Bertz CT molecular complexity index is 942. The van der Waals surface area contributed by atoms with Crippen molar-refractivity contribution in [2.24, 2.45) is 0 Å². The molecular formula is C18H17N5O4. The minimum absolute atomic E-state index is 0.282. The summed E-state index contributed by atoms with van der Waals surface area (Å²) in [5.41, 5.74) is 1.43. The number of benzene rings is 2. The highest BCUT2D eigenvalue weighted by Crippen LogP contribution is 2.17. The van der Waals surface area contributed by atoms with Crippen LogP contribution in [0.25, 0.3) is 5.69 Å². The molecule has 27 heavy (non-hydrogen) atoms. The molecule has 1 N–H and O–H groups in total. The molecule has 9 heteroatoms. The van der Waals surface area contributed by atoms with Crippen LogP contribution in [0.1, 0.15) is 17.3 Å². The molecule has 0 aliphatic carbocycles. The van der Waals surface area contributed by atoms with Gasteiger partial charge in [0.25, 0.3) is 5.91 Å². The lowest BCUT2D eigenvalue weighted by Crippen LogP contribution is -2.30. The van der Waals surface area contributed by atoms with Gasteiger partial charge in [0.2, 0.25) is 0 Å². The van der Waals surface area contributed by atoms with Crippen molar-refractivity contribution in [1.29, 1.82) is 0 Å². The average Bonchev–Trinajstić information content (AvgIpc) is 3.23. The van der Waals surface area contributed by atoms with Gasteiger partial charge >= 0.3 is 5.97 Å². The Labute approximate surface area is 154 Å². The van der Waals surface area contributed by atoms with Crippen molar-refractivity contribution in [3.8, 4) is 11.4 Å². The number of esters is 1. The first-order valence-corrected chi connectivity index (χ1v) is 8.06. The van der Waals surface area contributed by atoms with E-state index in [1.54, 1.807) is 48.5 Å². The van der Waals surface area contributed by atoms with Gasteiger partial charge in [-0.25, -0.2) is 9.48 Å². The number of ether oxygens (including phenoxy) is 2. The van der Waals surface area contributed by atoms with E-state index in [4.69, 9.17) is 9.47 Å². The summed E-state index contributed by atoms with van der Waals surface area (Å²) in [5.74, 6) is -0.469. The fourth-order valence-corrected chi connectivity index (χ4v) is 2.28. The molecule has 1 amide bonds. The number of anilines is 1. The summed E-state index contributed by atoms with van der Waals surface area (Å²) >= 11 is 0. The number of nitrogens with one attached hydrogen (secondary N) is 1. The number of nitrogens with zero attached hydrogens (tertiary/aromatic N) is 4. The van der Waals surface area contributed by atoms with E-state index < -0.39 is 18.0 Å². The number of hydrogen-bond acceptors (Lipinski definition) is 7. The fraction of sp³-hybridized carbons (Fsp3) is 0.167. The van der Waals surface area contributed by atoms with Crippen LogP contribution in [0.15, 0.2) is 54.9 Å². The molecule has 1 heterocycles. The van der Waals surface area contributed by atoms with E-state index in [9.17, 15) is 9.59 Å². The summed E-state index contributed by atoms with van der Waals surface area (Å²) in [6.07, 6.45) is 0.426. The van der Waals surface area contributed by atoms with Crippen molar-refractivity contribution in [3.05, 3.63) is 60.4 Å². The fourth-order valence-electron chi connectivity index (χ4n) is 2.28. The second-order valence-electron chi connectivity index (χ2n) is 5.57. The minimum atomic E-state index is -0.986. The van der Waals surface area contributed by atoms with Crippen LogP contribution in [0.2, 0.25) is 0 Å². The number of aromatic nitrogens is 4. The van der Waals surface area contributed by atoms with Gasteiger partial charge in [-0.15, -0.1) is 5.10 Å². The van der Waals surface area contributed by atoms with Gasteiger partial charge < -0.3 is 14.8 Å².